The van der Waals surface area contributed by atoms with Crippen molar-refractivity contribution in [2.45, 2.75) is 19.5 Å². The molecule has 0 unspecified atom stereocenters. The molecule has 0 radical (unpaired) electrons. The highest BCUT2D eigenvalue weighted by Crippen LogP contribution is 2.32. The predicted octanol–water partition coefficient (Wildman–Crippen LogP) is 4.32. The zero-order chi connectivity index (χ0) is 19.2. The first-order valence-corrected chi connectivity index (χ1v) is 7.40. The zero-order valence-corrected chi connectivity index (χ0v) is 13.2. The second-order valence-electron chi connectivity index (χ2n) is 5.78. The number of pyridine rings is 1. The molecule has 134 valence electrons. The molecule has 1 heterocycles. The van der Waals surface area contributed by atoms with Gasteiger partial charge in [0, 0.05) is 41.1 Å². The van der Waals surface area contributed by atoms with Crippen LogP contribution in [0.1, 0.15) is 38.9 Å². The van der Waals surface area contributed by atoms with Crippen LogP contribution in [0, 0.1) is 11.6 Å². The highest BCUT2D eigenvalue weighted by atomic mass is 19.4. The quantitative estimate of drug-likeness (QED) is 0.743. The number of ketones is 2. The maximum absolute atomic E-state index is 14.0. The maximum atomic E-state index is 14.0. The molecule has 8 heteroatoms. The summed E-state index contributed by atoms with van der Waals surface area (Å²) >= 11 is 0. The van der Waals surface area contributed by atoms with Gasteiger partial charge in [0.1, 0.15) is 11.6 Å². The van der Waals surface area contributed by atoms with Gasteiger partial charge in [-0.25, -0.2) is 8.78 Å². The van der Waals surface area contributed by atoms with Crippen molar-refractivity contribution in [3.8, 4) is 0 Å². The number of carbonyl (C=O) groups is 2. The van der Waals surface area contributed by atoms with Gasteiger partial charge in [-0.3, -0.25) is 14.6 Å². The van der Waals surface area contributed by atoms with Crippen LogP contribution >= 0.6 is 0 Å². The van der Waals surface area contributed by atoms with E-state index in [0.717, 1.165) is 18.2 Å². The number of nitrogens with zero attached hydrogens (tertiary/aromatic N) is 1. The van der Waals surface area contributed by atoms with E-state index in [2.05, 4.69) is 4.98 Å². The minimum absolute atomic E-state index is 0.0193. The molecule has 3 rings (SSSR count). The molecule has 2 aromatic rings. The molecule has 0 N–H and O–H groups in total. The Kier molecular flexibility index (Phi) is 4.21. The fourth-order valence-corrected chi connectivity index (χ4v) is 2.73. The Balaban J connectivity index is 1.99. The molecule has 0 amide bonds. The number of hydrogen-bond donors (Lipinski definition) is 0. The molecule has 1 aliphatic carbocycles. The molecule has 0 aliphatic heterocycles. The lowest BCUT2D eigenvalue weighted by Crippen LogP contribution is -2.24. The number of rotatable bonds is 2. The molecular formula is C18H10F5NO2. The van der Waals surface area contributed by atoms with Gasteiger partial charge in [0.25, 0.3) is 0 Å². The summed E-state index contributed by atoms with van der Waals surface area (Å²) < 4.78 is 65.1. The molecule has 0 bridgehead atoms. The topological polar surface area (TPSA) is 47.0 Å². The first-order chi connectivity index (χ1) is 12.1. The number of Topliss-reactive ketones (excluding diaryl/α,β-unsaturated/α-hetero) is 2. The Labute approximate surface area is 144 Å². The van der Waals surface area contributed by atoms with E-state index in [1.807, 2.05) is 0 Å². The number of carbonyl (C=O) groups excluding carboxylic acids is 2. The van der Waals surface area contributed by atoms with Gasteiger partial charge in [0.05, 0.1) is 11.1 Å². The van der Waals surface area contributed by atoms with Crippen molar-refractivity contribution in [3.63, 3.8) is 0 Å². The molecular weight excluding hydrogens is 357 g/mol. The first-order valence-electron chi connectivity index (χ1n) is 7.40. The lowest BCUT2D eigenvalue weighted by molar-refractivity contribution is -0.137. The largest absolute Gasteiger partial charge is 0.417 e. The summed E-state index contributed by atoms with van der Waals surface area (Å²) in [6.07, 6.45) is -4.18. The SMILES string of the molecule is CC1=C(Cc2ccc(C(F)(F)F)cn2)C(=O)c2c(F)cc(F)cc2C1=O. The fraction of sp³-hybridized carbons (Fsp3) is 0.167. The summed E-state index contributed by atoms with van der Waals surface area (Å²) in [5.74, 6) is -3.66. The van der Waals surface area contributed by atoms with Gasteiger partial charge in [-0.15, -0.1) is 0 Å². The Morgan fingerprint density at radius 2 is 1.73 bits per heavy atom. The number of halogens is 5. The summed E-state index contributed by atoms with van der Waals surface area (Å²) in [4.78, 5) is 28.5. The van der Waals surface area contributed by atoms with Gasteiger partial charge in [-0.05, 0) is 25.1 Å². The van der Waals surface area contributed by atoms with E-state index in [1.165, 1.54) is 6.92 Å². The summed E-state index contributed by atoms with van der Waals surface area (Å²) in [6.45, 7) is 1.32. The second-order valence-corrected chi connectivity index (χ2v) is 5.78. The molecule has 0 atom stereocenters. The monoisotopic (exact) mass is 367 g/mol. The number of alkyl halides is 3. The van der Waals surface area contributed by atoms with Gasteiger partial charge in [-0.2, -0.15) is 13.2 Å². The first kappa shape index (κ1) is 17.9. The van der Waals surface area contributed by atoms with Crippen molar-refractivity contribution in [1.29, 1.82) is 0 Å². The molecule has 0 spiro atoms. The lowest BCUT2D eigenvalue weighted by atomic mass is 9.82. The Hall–Kier alpha value is -2.90. The summed E-state index contributed by atoms with van der Waals surface area (Å²) in [5, 5.41) is 0. The van der Waals surface area contributed by atoms with Gasteiger partial charge < -0.3 is 0 Å². The van der Waals surface area contributed by atoms with E-state index in [-0.39, 0.29) is 28.8 Å². The fourth-order valence-electron chi connectivity index (χ4n) is 2.73. The van der Waals surface area contributed by atoms with Crippen LogP contribution in [0.3, 0.4) is 0 Å². The van der Waals surface area contributed by atoms with Crippen molar-refractivity contribution in [2.24, 2.45) is 0 Å². The molecule has 1 aromatic heterocycles. The zero-order valence-electron chi connectivity index (χ0n) is 13.2. The molecule has 0 saturated carbocycles. The number of allylic oxidation sites excluding steroid dienone is 2. The van der Waals surface area contributed by atoms with E-state index in [0.29, 0.717) is 12.3 Å². The third-order valence-electron chi connectivity index (χ3n) is 4.10. The van der Waals surface area contributed by atoms with E-state index in [9.17, 15) is 31.5 Å². The molecule has 1 aliphatic rings. The Morgan fingerprint density at radius 3 is 2.31 bits per heavy atom. The average molecular weight is 367 g/mol. The van der Waals surface area contributed by atoms with Crippen LogP contribution in [-0.4, -0.2) is 16.6 Å². The normalized spacial score (nSPS) is 14.7. The lowest BCUT2D eigenvalue weighted by Gasteiger charge is -2.19. The minimum atomic E-state index is -4.55. The van der Waals surface area contributed by atoms with Crippen LogP contribution in [-0.2, 0) is 12.6 Å². The van der Waals surface area contributed by atoms with E-state index in [4.69, 9.17) is 0 Å². The third kappa shape index (κ3) is 3.02. The molecule has 0 fully saturated rings. The van der Waals surface area contributed by atoms with Crippen LogP contribution in [0.4, 0.5) is 22.0 Å². The highest BCUT2D eigenvalue weighted by molar-refractivity contribution is 6.26. The predicted molar refractivity (Wildman–Crippen MR) is 80.7 cm³/mol. The van der Waals surface area contributed by atoms with Crippen molar-refractivity contribution < 1.29 is 31.5 Å². The highest BCUT2D eigenvalue weighted by Gasteiger charge is 2.34. The summed E-state index contributed by atoms with van der Waals surface area (Å²) in [6, 6.07) is 3.17. The van der Waals surface area contributed by atoms with Crippen molar-refractivity contribution in [2.75, 3.05) is 0 Å². The van der Waals surface area contributed by atoms with Crippen LogP contribution in [0.25, 0.3) is 0 Å². The Morgan fingerprint density at radius 1 is 1.04 bits per heavy atom. The third-order valence-corrected chi connectivity index (χ3v) is 4.10. The molecule has 0 saturated heterocycles. The van der Waals surface area contributed by atoms with Gasteiger partial charge in [0.15, 0.2) is 11.6 Å². The standard InChI is InChI=1S/C18H10F5NO2/c1-8-12(6-11-3-2-9(7-24-11)18(21,22)23)17(26)15-13(16(8)25)4-10(19)5-14(15)20/h2-5,7H,6H2,1H3. The van der Waals surface area contributed by atoms with Gasteiger partial charge >= 0.3 is 6.18 Å². The minimum Gasteiger partial charge on any atom is -0.289 e. The van der Waals surface area contributed by atoms with Crippen LogP contribution < -0.4 is 0 Å². The van der Waals surface area contributed by atoms with Gasteiger partial charge in [-0.1, -0.05) is 0 Å². The number of aromatic nitrogens is 1. The van der Waals surface area contributed by atoms with Crippen molar-refractivity contribution in [3.05, 3.63) is 75.6 Å². The van der Waals surface area contributed by atoms with E-state index in [1.54, 1.807) is 0 Å². The number of fused-ring (bicyclic) bond motifs is 1. The molecule has 26 heavy (non-hydrogen) atoms. The smallest absolute Gasteiger partial charge is 0.289 e. The molecule has 1 aromatic carbocycles. The summed E-state index contributed by atoms with van der Waals surface area (Å²) in [5.41, 5.74) is -1.85. The van der Waals surface area contributed by atoms with Gasteiger partial charge in [0.2, 0.25) is 0 Å². The number of benzene rings is 1. The van der Waals surface area contributed by atoms with E-state index < -0.39 is 40.5 Å². The summed E-state index contributed by atoms with van der Waals surface area (Å²) in [7, 11) is 0. The second kappa shape index (κ2) is 6.12. The maximum Gasteiger partial charge on any atom is 0.417 e. The van der Waals surface area contributed by atoms with Crippen LogP contribution in [0.5, 0.6) is 0 Å². The van der Waals surface area contributed by atoms with E-state index >= 15 is 0 Å². The average Bonchev–Trinajstić information content (AvgIpc) is 2.55. The van der Waals surface area contributed by atoms with Crippen LogP contribution in [0.2, 0.25) is 0 Å². The van der Waals surface area contributed by atoms with Crippen molar-refractivity contribution >= 4 is 11.6 Å². The Bertz CT molecular complexity index is 959. The number of hydrogen-bond acceptors (Lipinski definition) is 3. The van der Waals surface area contributed by atoms with Crippen molar-refractivity contribution in [1.82, 2.24) is 4.98 Å². The van der Waals surface area contributed by atoms with Crippen LogP contribution in [0.15, 0.2) is 41.6 Å². The molecule has 3 nitrogen and oxygen atoms in total.